The Morgan fingerprint density at radius 1 is 1.24 bits per heavy atom. The van der Waals surface area contributed by atoms with Crippen molar-refractivity contribution in [2.24, 2.45) is 0 Å². The smallest absolute Gasteiger partial charge is 0.360 e. The third kappa shape index (κ3) is 4.53. The first-order chi connectivity index (χ1) is 20.0. The zero-order valence-electron chi connectivity index (χ0n) is 23.8. The van der Waals surface area contributed by atoms with Crippen molar-refractivity contribution in [3.05, 3.63) is 81.9 Å². The van der Waals surface area contributed by atoms with Crippen LogP contribution in [0, 0.1) is 11.6 Å². The summed E-state index contributed by atoms with van der Waals surface area (Å²) in [5.74, 6) is -2.10. The van der Waals surface area contributed by atoms with Gasteiger partial charge in [-0.3, -0.25) is 0 Å². The van der Waals surface area contributed by atoms with Gasteiger partial charge in [0.15, 0.2) is 34.2 Å². The second-order valence-electron chi connectivity index (χ2n) is 11.0. The summed E-state index contributed by atoms with van der Waals surface area (Å²) in [5, 5.41) is -0.919. The Labute approximate surface area is 243 Å². The minimum absolute atomic E-state index is 0.112. The van der Waals surface area contributed by atoms with E-state index in [-0.39, 0.29) is 36.8 Å². The molecular weight excluding hydrogens is 564 g/mol. The molecular formula is C30H32F2N5O4S+. The van der Waals surface area contributed by atoms with Gasteiger partial charge in [0.05, 0.1) is 34.9 Å². The summed E-state index contributed by atoms with van der Waals surface area (Å²) in [6, 6.07) is 4.17. The number of benzene rings is 1. The predicted molar refractivity (Wildman–Crippen MR) is 154 cm³/mol. The highest BCUT2D eigenvalue weighted by atomic mass is 32.2. The number of rotatable bonds is 5. The molecule has 0 spiro atoms. The molecule has 0 saturated carbocycles. The van der Waals surface area contributed by atoms with E-state index in [4.69, 9.17) is 4.74 Å². The maximum absolute atomic E-state index is 15.4. The van der Waals surface area contributed by atoms with E-state index in [0.29, 0.717) is 23.2 Å². The third-order valence-corrected chi connectivity index (χ3v) is 9.70. The van der Waals surface area contributed by atoms with E-state index in [9.17, 15) is 17.6 Å². The number of pyridine rings is 1. The normalized spacial score (nSPS) is 21.0. The van der Waals surface area contributed by atoms with Crippen LogP contribution in [0.2, 0.25) is 0 Å². The SMILES string of the molecule is CCCC=[N+]1CC[C@@H](S(C)(=O)=O)c2cc3c(cc2C1=O)N(c1ncc(F)cc1F)Cc1c[nH]c2c1C3=CN(C)C2OC. The van der Waals surface area contributed by atoms with Gasteiger partial charge in [-0.25, -0.2) is 27.0 Å². The number of amides is 1. The van der Waals surface area contributed by atoms with Crippen LogP contribution in [0.4, 0.5) is 20.3 Å². The molecule has 0 fully saturated rings. The van der Waals surface area contributed by atoms with Crippen molar-refractivity contribution < 1.29 is 31.3 Å². The number of ether oxygens (including phenoxy) is 1. The van der Waals surface area contributed by atoms with E-state index >= 15 is 4.39 Å². The Hall–Kier alpha value is -3.90. The van der Waals surface area contributed by atoms with Gasteiger partial charge < -0.3 is 19.5 Å². The first kappa shape index (κ1) is 28.2. The molecule has 1 unspecified atom stereocenters. The van der Waals surface area contributed by atoms with Gasteiger partial charge in [0.25, 0.3) is 0 Å². The minimum atomic E-state index is -3.61. The van der Waals surface area contributed by atoms with Crippen molar-refractivity contribution in [3.8, 4) is 0 Å². The number of nitrogens with zero attached hydrogens (tertiary/aromatic N) is 4. The van der Waals surface area contributed by atoms with Gasteiger partial charge in [-0.05, 0) is 29.7 Å². The number of sulfone groups is 1. The molecule has 2 aromatic heterocycles. The number of unbranched alkanes of at least 4 members (excludes halogenated alkanes) is 1. The topological polar surface area (TPSA) is 98.6 Å². The maximum atomic E-state index is 15.4. The molecule has 9 nitrogen and oxygen atoms in total. The summed E-state index contributed by atoms with van der Waals surface area (Å²) in [4.78, 5) is 24.9. The molecule has 1 N–H and O–H groups in total. The second kappa shape index (κ2) is 10.4. The van der Waals surface area contributed by atoms with Crippen molar-refractivity contribution in [2.75, 3.05) is 31.9 Å². The zero-order valence-corrected chi connectivity index (χ0v) is 24.6. The Bertz CT molecular complexity index is 1780. The zero-order chi connectivity index (χ0) is 29.9. The molecule has 42 heavy (non-hydrogen) atoms. The van der Waals surface area contributed by atoms with Crippen LogP contribution < -0.4 is 4.90 Å². The molecule has 2 atom stereocenters. The summed E-state index contributed by atoms with van der Waals surface area (Å²) in [7, 11) is -0.145. The molecule has 3 aliphatic heterocycles. The van der Waals surface area contributed by atoms with E-state index < -0.39 is 32.9 Å². The highest BCUT2D eigenvalue weighted by Gasteiger charge is 2.41. The lowest BCUT2D eigenvalue weighted by molar-refractivity contribution is -0.424. The number of H-pyrrole nitrogens is 1. The first-order valence-corrected chi connectivity index (χ1v) is 15.8. The van der Waals surface area contributed by atoms with Crippen molar-refractivity contribution in [2.45, 2.75) is 44.2 Å². The van der Waals surface area contributed by atoms with Crippen molar-refractivity contribution in [1.29, 1.82) is 0 Å². The van der Waals surface area contributed by atoms with Crippen molar-refractivity contribution >= 4 is 39.0 Å². The van der Waals surface area contributed by atoms with Gasteiger partial charge in [-0.2, -0.15) is 4.58 Å². The number of anilines is 2. The predicted octanol–water partition coefficient (Wildman–Crippen LogP) is 4.83. The average Bonchev–Trinajstić information content (AvgIpc) is 3.23. The number of aromatic nitrogens is 2. The van der Waals surface area contributed by atoms with Gasteiger partial charge in [0, 0.05) is 68.4 Å². The van der Waals surface area contributed by atoms with Crippen LogP contribution in [0.3, 0.4) is 0 Å². The monoisotopic (exact) mass is 596 g/mol. The summed E-state index contributed by atoms with van der Waals surface area (Å²) in [5.41, 5.74) is 4.91. The number of methoxy groups -OCH3 is 1. The van der Waals surface area contributed by atoms with Gasteiger partial charge in [-0.15, -0.1) is 0 Å². The number of hydrogen-bond acceptors (Lipinski definition) is 7. The number of halogens is 2. The second-order valence-corrected chi connectivity index (χ2v) is 13.2. The quantitative estimate of drug-likeness (QED) is 0.422. The summed E-state index contributed by atoms with van der Waals surface area (Å²) in [6.07, 6.45) is 8.98. The number of fused-ring (bicyclic) bond motifs is 3. The Morgan fingerprint density at radius 3 is 2.71 bits per heavy atom. The third-order valence-electron chi connectivity index (χ3n) is 8.18. The molecule has 0 saturated heterocycles. The van der Waals surface area contributed by atoms with Crippen LogP contribution >= 0.6 is 0 Å². The Morgan fingerprint density at radius 2 is 2.02 bits per heavy atom. The van der Waals surface area contributed by atoms with Crippen molar-refractivity contribution in [3.63, 3.8) is 0 Å². The summed E-state index contributed by atoms with van der Waals surface area (Å²) in [6.45, 7) is 2.40. The fraction of sp³-hybridized carbons (Fsp3) is 0.367. The minimum Gasteiger partial charge on any atom is -0.360 e. The molecule has 220 valence electrons. The first-order valence-electron chi connectivity index (χ1n) is 13.8. The van der Waals surface area contributed by atoms with Gasteiger partial charge in [-0.1, -0.05) is 6.92 Å². The molecule has 5 heterocycles. The van der Waals surface area contributed by atoms with Crippen LogP contribution in [0.5, 0.6) is 0 Å². The van der Waals surface area contributed by atoms with Gasteiger partial charge >= 0.3 is 5.91 Å². The van der Waals surface area contributed by atoms with E-state index in [0.717, 1.165) is 41.1 Å². The highest BCUT2D eigenvalue weighted by Crippen LogP contribution is 2.49. The lowest BCUT2D eigenvalue weighted by Gasteiger charge is -2.32. The highest BCUT2D eigenvalue weighted by molar-refractivity contribution is 7.90. The molecule has 1 amide bonds. The van der Waals surface area contributed by atoms with Crippen LogP contribution in [0.15, 0.2) is 36.8 Å². The lowest BCUT2D eigenvalue weighted by atomic mass is 9.89. The molecule has 6 rings (SSSR count). The Kier molecular flexibility index (Phi) is 7.01. The van der Waals surface area contributed by atoms with E-state index in [1.807, 2.05) is 37.5 Å². The van der Waals surface area contributed by atoms with E-state index in [2.05, 4.69) is 9.97 Å². The number of carbonyl (C=O) groups excluding carboxylic acids is 1. The van der Waals surface area contributed by atoms with Crippen molar-refractivity contribution in [1.82, 2.24) is 14.9 Å². The number of aromatic amines is 1. The van der Waals surface area contributed by atoms with Gasteiger partial charge in [0.1, 0.15) is 12.0 Å². The molecule has 0 aliphatic carbocycles. The molecule has 12 heteroatoms. The van der Waals surface area contributed by atoms with Gasteiger partial charge in [0.2, 0.25) is 0 Å². The fourth-order valence-corrected chi connectivity index (χ4v) is 7.46. The van der Waals surface area contributed by atoms with Crippen LogP contribution in [0.25, 0.3) is 5.57 Å². The maximum Gasteiger partial charge on any atom is 0.419 e. The van der Waals surface area contributed by atoms with Crippen LogP contribution in [0.1, 0.15) is 76.0 Å². The molecule has 0 radical (unpaired) electrons. The number of carbonyl (C=O) groups is 1. The summed E-state index contributed by atoms with van der Waals surface area (Å²) < 4.78 is 62.9. The molecule has 3 aliphatic rings. The number of hydrogen-bond donors (Lipinski definition) is 1. The lowest BCUT2D eigenvalue weighted by Crippen LogP contribution is -2.26. The molecule has 3 aromatic rings. The summed E-state index contributed by atoms with van der Waals surface area (Å²) >= 11 is 0. The molecule has 1 aromatic carbocycles. The van der Waals surface area contributed by atoms with Crippen LogP contribution in [-0.2, 0) is 21.1 Å². The molecule has 0 bridgehead atoms. The standard InChI is InChI=1S/C30H32F2N5O4S/c1-5-6-8-36-9-7-25(42(4,39)40)20-11-19-22-16-35(2)30(41-3)27-26(22)17(13-33-27)15-37(24(19)12-21(20)29(36)38)28-23(32)10-18(31)14-34-28/h8,10-14,16,25,30,33H,5-7,9,15H2,1-4H3/q+1/t25-,30?/m1/s1. The average molecular weight is 597 g/mol. The van der Waals surface area contributed by atoms with E-state index in [1.165, 1.54) is 6.26 Å². The van der Waals surface area contributed by atoms with Crippen LogP contribution in [-0.4, -0.2) is 66.9 Å². The fourth-order valence-electron chi connectivity index (χ4n) is 6.27. The van der Waals surface area contributed by atoms with E-state index in [1.54, 1.807) is 28.7 Å². The Balaban J connectivity index is 1.68. The largest absolute Gasteiger partial charge is 0.419 e. The number of nitrogens with one attached hydrogen (secondary N) is 1.